The Balaban J connectivity index is 1.65. The van der Waals surface area contributed by atoms with Gasteiger partial charge in [0.05, 0.1) is 10.6 Å². The molecule has 0 spiro atoms. The fraction of sp³-hybridized carbons (Fsp3) is 0.0588. The number of anilines is 1. The number of hydrogen-bond donors (Lipinski definition) is 1. The van der Waals surface area contributed by atoms with Crippen LogP contribution in [0.4, 0.5) is 5.69 Å². The number of thiocarbonyl (C=S) groups is 1. The molecule has 2 aliphatic rings. The maximum atomic E-state index is 12.7. The minimum Gasteiger partial charge on any atom is -0.508 e. The van der Waals surface area contributed by atoms with Crippen LogP contribution in [-0.2, 0) is 4.79 Å². The molecule has 0 aliphatic carbocycles. The van der Waals surface area contributed by atoms with Crippen LogP contribution in [0, 0.1) is 0 Å². The van der Waals surface area contributed by atoms with Crippen molar-refractivity contribution in [1.29, 1.82) is 0 Å². The fourth-order valence-corrected chi connectivity index (χ4v) is 3.74. The molecule has 120 valence electrons. The maximum Gasteiger partial charge on any atom is 0.270 e. The van der Waals surface area contributed by atoms with Crippen molar-refractivity contribution in [1.82, 2.24) is 0 Å². The van der Waals surface area contributed by atoms with E-state index in [-0.39, 0.29) is 18.4 Å². The van der Waals surface area contributed by atoms with Crippen LogP contribution in [0.1, 0.15) is 5.56 Å². The van der Waals surface area contributed by atoms with Crippen molar-refractivity contribution in [3.63, 3.8) is 0 Å². The average molecular weight is 357 g/mol. The molecule has 7 heteroatoms. The van der Waals surface area contributed by atoms with Gasteiger partial charge in [-0.25, -0.2) is 0 Å². The third-order valence-corrected chi connectivity index (χ3v) is 4.90. The molecule has 4 rings (SSSR count). The molecular formula is C17H11NO4S2. The first kappa shape index (κ1) is 15.0. The van der Waals surface area contributed by atoms with E-state index in [1.165, 1.54) is 16.7 Å². The molecule has 1 N–H and O–H groups in total. The van der Waals surface area contributed by atoms with Gasteiger partial charge in [-0.05, 0) is 35.9 Å². The molecule has 1 amide bonds. The molecule has 0 aromatic heterocycles. The Labute approximate surface area is 147 Å². The van der Waals surface area contributed by atoms with E-state index in [1.807, 2.05) is 0 Å². The van der Waals surface area contributed by atoms with E-state index in [0.29, 0.717) is 26.4 Å². The van der Waals surface area contributed by atoms with Crippen molar-refractivity contribution in [2.45, 2.75) is 0 Å². The number of amides is 1. The number of thioether (sulfide) groups is 1. The van der Waals surface area contributed by atoms with Crippen LogP contribution in [0.5, 0.6) is 17.2 Å². The van der Waals surface area contributed by atoms with Crippen LogP contribution in [0.15, 0.2) is 47.4 Å². The average Bonchev–Trinajstić information content (AvgIpc) is 3.14. The van der Waals surface area contributed by atoms with Gasteiger partial charge in [-0.3, -0.25) is 9.69 Å². The first-order valence-electron chi connectivity index (χ1n) is 7.08. The minimum absolute atomic E-state index is 0.179. The van der Waals surface area contributed by atoms with Crippen LogP contribution in [0.3, 0.4) is 0 Å². The molecule has 2 heterocycles. The van der Waals surface area contributed by atoms with E-state index in [2.05, 4.69) is 0 Å². The lowest BCUT2D eigenvalue weighted by Gasteiger charge is -2.14. The smallest absolute Gasteiger partial charge is 0.270 e. The van der Waals surface area contributed by atoms with Gasteiger partial charge >= 0.3 is 0 Å². The van der Waals surface area contributed by atoms with Crippen molar-refractivity contribution in [3.05, 3.63) is 52.9 Å². The molecule has 1 fully saturated rings. The zero-order valence-electron chi connectivity index (χ0n) is 12.3. The molecule has 0 radical (unpaired) electrons. The van der Waals surface area contributed by atoms with E-state index >= 15 is 0 Å². The summed E-state index contributed by atoms with van der Waals surface area (Å²) in [4.78, 5) is 14.7. The highest BCUT2D eigenvalue weighted by Gasteiger charge is 2.34. The van der Waals surface area contributed by atoms with Crippen molar-refractivity contribution in [3.8, 4) is 17.2 Å². The summed E-state index contributed by atoms with van der Waals surface area (Å²) in [5, 5.41) is 9.34. The van der Waals surface area contributed by atoms with Gasteiger partial charge in [0.2, 0.25) is 6.79 Å². The highest BCUT2D eigenvalue weighted by atomic mass is 32.2. The number of fused-ring (bicyclic) bond motifs is 1. The molecule has 0 atom stereocenters. The Morgan fingerprint density at radius 1 is 1.12 bits per heavy atom. The lowest BCUT2D eigenvalue weighted by atomic mass is 10.2. The zero-order chi connectivity index (χ0) is 16.7. The van der Waals surface area contributed by atoms with Gasteiger partial charge in [-0.15, -0.1) is 0 Å². The van der Waals surface area contributed by atoms with E-state index < -0.39 is 0 Å². The molecule has 2 aromatic rings. The standard InChI is InChI=1S/C17H11NO4S2/c19-12-4-1-10(2-5-12)7-15-16(20)18(17(23)24-15)11-3-6-13-14(8-11)22-9-21-13/h1-8,19H,9H2/b15-7+. The fourth-order valence-electron chi connectivity index (χ4n) is 2.44. The predicted molar refractivity (Wildman–Crippen MR) is 96.3 cm³/mol. The normalized spacial score (nSPS) is 17.8. The first-order chi connectivity index (χ1) is 11.6. The molecule has 0 unspecified atom stereocenters. The van der Waals surface area contributed by atoms with Crippen molar-refractivity contribution in [2.24, 2.45) is 0 Å². The van der Waals surface area contributed by atoms with Gasteiger partial charge < -0.3 is 14.6 Å². The monoisotopic (exact) mass is 357 g/mol. The summed E-state index contributed by atoms with van der Waals surface area (Å²) in [5.74, 6) is 1.25. The highest BCUT2D eigenvalue weighted by molar-refractivity contribution is 8.27. The topological polar surface area (TPSA) is 59.0 Å². The maximum absolute atomic E-state index is 12.7. The molecule has 1 saturated heterocycles. The highest BCUT2D eigenvalue weighted by Crippen LogP contribution is 2.40. The lowest BCUT2D eigenvalue weighted by molar-refractivity contribution is -0.113. The number of phenolic OH excluding ortho intramolecular Hbond substituents is 1. The second-order valence-corrected chi connectivity index (χ2v) is 6.82. The van der Waals surface area contributed by atoms with E-state index in [0.717, 1.165) is 5.56 Å². The van der Waals surface area contributed by atoms with Gasteiger partial charge in [-0.1, -0.05) is 36.1 Å². The Kier molecular flexibility index (Phi) is 3.66. The van der Waals surface area contributed by atoms with Crippen LogP contribution in [0.2, 0.25) is 0 Å². The number of nitrogens with zero attached hydrogens (tertiary/aromatic N) is 1. The third kappa shape index (κ3) is 2.61. The van der Waals surface area contributed by atoms with Gasteiger partial charge in [0, 0.05) is 6.07 Å². The van der Waals surface area contributed by atoms with Crippen molar-refractivity contribution < 1.29 is 19.4 Å². The second-order valence-electron chi connectivity index (χ2n) is 5.15. The Hall–Kier alpha value is -2.51. The molecule has 24 heavy (non-hydrogen) atoms. The van der Waals surface area contributed by atoms with E-state index in [9.17, 15) is 9.90 Å². The molecule has 0 saturated carbocycles. The number of aromatic hydroxyl groups is 1. The van der Waals surface area contributed by atoms with Crippen molar-refractivity contribution in [2.75, 3.05) is 11.7 Å². The summed E-state index contributed by atoms with van der Waals surface area (Å²) >= 11 is 6.60. The molecule has 2 aromatic carbocycles. The summed E-state index contributed by atoms with van der Waals surface area (Å²) in [6.45, 7) is 0.179. The number of rotatable bonds is 2. The van der Waals surface area contributed by atoms with Gasteiger partial charge in [0.15, 0.2) is 15.8 Å². The van der Waals surface area contributed by atoms with Crippen LogP contribution in [-0.4, -0.2) is 22.1 Å². The molecule has 0 bridgehead atoms. The first-order valence-corrected chi connectivity index (χ1v) is 8.31. The van der Waals surface area contributed by atoms with Crippen LogP contribution >= 0.6 is 24.0 Å². The number of benzene rings is 2. The molecular weight excluding hydrogens is 346 g/mol. The van der Waals surface area contributed by atoms with Gasteiger partial charge in [0.25, 0.3) is 5.91 Å². The SMILES string of the molecule is O=C1/C(=C\c2ccc(O)cc2)SC(=S)N1c1ccc2c(c1)OCO2. The Morgan fingerprint density at radius 2 is 1.88 bits per heavy atom. The number of carbonyl (C=O) groups is 1. The molecule has 5 nitrogen and oxygen atoms in total. The van der Waals surface area contributed by atoms with E-state index in [1.54, 1.807) is 48.5 Å². The summed E-state index contributed by atoms with van der Waals surface area (Å²) in [6.07, 6.45) is 1.76. The number of ether oxygens (including phenoxy) is 2. The van der Waals surface area contributed by atoms with Gasteiger partial charge in [0.1, 0.15) is 5.75 Å². The van der Waals surface area contributed by atoms with Crippen molar-refractivity contribution >= 4 is 46.0 Å². The zero-order valence-corrected chi connectivity index (χ0v) is 13.9. The van der Waals surface area contributed by atoms with Crippen LogP contribution < -0.4 is 14.4 Å². The van der Waals surface area contributed by atoms with Crippen LogP contribution in [0.25, 0.3) is 6.08 Å². The van der Waals surface area contributed by atoms with Gasteiger partial charge in [-0.2, -0.15) is 0 Å². The Bertz CT molecular complexity index is 877. The quantitative estimate of drug-likeness (QED) is 0.655. The summed E-state index contributed by atoms with van der Waals surface area (Å²) in [7, 11) is 0. The second kappa shape index (κ2) is 5.85. The minimum atomic E-state index is -0.183. The number of phenols is 1. The number of carbonyl (C=O) groups excluding carboxylic acids is 1. The Morgan fingerprint density at radius 3 is 2.67 bits per heavy atom. The third-order valence-electron chi connectivity index (χ3n) is 3.60. The molecule has 2 aliphatic heterocycles. The summed E-state index contributed by atoms with van der Waals surface area (Å²) in [5.41, 5.74) is 1.47. The lowest BCUT2D eigenvalue weighted by Crippen LogP contribution is -2.27. The number of hydrogen-bond acceptors (Lipinski definition) is 6. The largest absolute Gasteiger partial charge is 0.508 e. The predicted octanol–water partition coefficient (Wildman–Crippen LogP) is 3.53. The van der Waals surface area contributed by atoms with E-state index in [4.69, 9.17) is 21.7 Å². The summed E-state index contributed by atoms with van der Waals surface area (Å²) in [6, 6.07) is 11.9. The summed E-state index contributed by atoms with van der Waals surface area (Å²) < 4.78 is 11.1.